The zero-order valence-corrected chi connectivity index (χ0v) is 17.0. The molecule has 148 valence electrons. The maximum Gasteiger partial charge on any atom is 0.303 e. The highest BCUT2D eigenvalue weighted by atomic mass is 79.9. The summed E-state index contributed by atoms with van der Waals surface area (Å²) in [5.74, 6) is -2.75. The van der Waals surface area contributed by atoms with Crippen LogP contribution in [-0.2, 0) is 28.6 Å². The molecule has 0 bridgehead atoms. The van der Waals surface area contributed by atoms with Gasteiger partial charge in [0.05, 0.1) is 0 Å². The molecule has 0 unspecified atom stereocenters. The molecule has 0 saturated carbocycles. The van der Waals surface area contributed by atoms with Crippen molar-refractivity contribution in [1.29, 1.82) is 0 Å². The van der Waals surface area contributed by atoms with E-state index in [4.69, 9.17) is 18.9 Å². The van der Waals surface area contributed by atoms with Gasteiger partial charge in [-0.1, -0.05) is 0 Å². The van der Waals surface area contributed by atoms with Gasteiger partial charge in [0.15, 0.2) is 29.5 Å². The third-order valence-electron chi connectivity index (χ3n) is 3.32. The van der Waals surface area contributed by atoms with Crippen molar-refractivity contribution < 1.29 is 37.7 Å². The van der Waals surface area contributed by atoms with Crippen LogP contribution in [0.1, 0.15) is 20.8 Å². The molecule has 2 rings (SSSR count). The zero-order chi connectivity index (χ0) is 20.1. The molecule has 11 heteroatoms. The van der Waals surface area contributed by atoms with Crippen LogP contribution in [-0.4, -0.2) is 52.4 Å². The summed E-state index contributed by atoms with van der Waals surface area (Å²) < 4.78 is 35.7. The molecule has 0 N–H and O–H groups in total. The second-order valence-corrected chi connectivity index (χ2v) is 7.60. The fourth-order valence-corrected chi connectivity index (χ4v) is 3.94. The molecule has 0 aliphatic carbocycles. The van der Waals surface area contributed by atoms with E-state index in [9.17, 15) is 18.8 Å². The molecular formula is C16H17BrFNO7S. The lowest BCUT2D eigenvalue weighted by atomic mass is 10.1. The van der Waals surface area contributed by atoms with Gasteiger partial charge in [0.2, 0.25) is 0 Å². The summed E-state index contributed by atoms with van der Waals surface area (Å²) in [4.78, 5) is 38.0. The van der Waals surface area contributed by atoms with Crippen molar-refractivity contribution >= 4 is 45.6 Å². The molecule has 1 aliphatic heterocycles. The minimum atomic E-state index is -1.13. The largest absolute Gasteiger partial charge is 0.471 e. The summed E-state index contributed by atoms with van der Waals surface area (Å²) in [7, 11) is 0. The van der Waals surface area contributed by atoms with E-state index in [1.54, 1.807) is 0 Å². The number of aromatic nitrogens is 1. The molecule has 1 aromatic rings. The van der Waals surface area contributed by atoms with E-state index in [2.05, 4.69) is 20.9 Å². The molecule has 2 heterocycles. The first kappa shape index (κ1) is 21.4. The third-order valence-corrected chi connectivity index (χ3v) is 4.97. The summed E-state index contributed by atoms with van der Waals surface area (Å²) in [6.45, 7) is 3.55. The number of hydrogen-bond acceptors (Lipinski definition) is 9. The van der Waals surface area contributed by atoms with Crippen molar-refractivity contribution in [2.24, 2.45) is 0 Å². The van der Waals surface area contributed by atoms with Gasteiger partial charge in [-0.25, -0.2) is 4.98 Å². The molecule has 0 spiro atoms. The number of nitrogens with zero attached hydrogens (tertiary/aromatic N) is 1. The molecule has 1 saturated heterocycles. The average molecular weight is 466 g/mol. The highest BCUT2D eigenvalue weighted by Crippen LogP contribution is 2.35. The van der Waals surface area contributed by atoms with Crippen LogP contribution in [0, 0.1) is 5.95 Å². The summed E-state index contributed by atoms with van der Waals surface area (Å²) in [6, 6.07) is 1.37. The first-order valence-electron chi connectivity index (χ1n) is 7.78. The van der Waals surface area contributed by atoms with Gasteiger partial charge in [-0.15, -0.1) is 11.8 Å². The van der Waals surface area contributed by atoms with Crippen molar-refractivity contribution in [3.63, 3.8) is 0 Å². The highest BCUT2D eigenvalue weighted by Gasteiger charge is 2.47. The predicted molar refractivity (Wildman–Crippen MR) is 95.4 cm³/mol. The Hall–Kier alpha value is -1.88. The molecule has 8 nitrogen and oxygen atoms in total. The summed E-state index contributed by atoms with van der Waals surface area (Å²) in [5.41, 5.74) is -0.921. The standard InChI is InChI=1S/C16H17BrFNO7S/c1-7(20)23-12-6-27-16(26-11-4-10(17)5-19-15(11)18)14(25-9(3)22)13(12)24-8(2)21/h4-5,12-14,16H,6H2,1-3H3/t12-,13+,14-,16+/m1/s1. The number of carbonyl (C=O) groups is 3. The number of halogens is 2. The number of hydrogen-bond donors (Lipinski definition) is 0. The van der Waals surface area contributed by atoms with E-state index >= 15 is 0 Å². The lowest BCUT2D eigenvalue weighted by Crippen LogP contribution is -2.55. The smallest absolute Gasteiger partial charge is 0.303 e. The summed E-state index contributed by atoms with van der Waals surface area (Å²) in [5, 5.41) is 0. The Morgan fingerprint density at radius 3 is 2.30 bits per heavy atom. The van der Waals surface area contributed by atoms with Gasteiger partial charge in [-0.05, 0) is 15.9 Å². The molecule has 1 fully saturated rings. The number of ether oxygens (including phenoxy) is 4. The quantitative estimate of drug-likeness (QED) is 0.367. The topological polar surface area (TPSA) is 101 Å². The van der Waals surface area contributed by atoms with Gasteiger partial charge in [0.1, 0.15) is 0 Å². The Kier molecular flexibility index (Phi) is 7.42. The number of carbonyl (C=O) groups excluding carboxylic acids is 3. The first-order valence-corrected chi connectivity index (χ1v) is 9.62. The van der Waals surface area contributed by atoms with Crippen molar-refractivity contribution in [3.05, 3.63) is 22.7 Å². The van der Waals surface area contributed by atoms with E-state index in [-0.39, 0.29) is 11.5 Å². The predicted octanol–water partition coefficient (Wildman–Crippen LogP) is 2.23. The molecule has 0 aromatic carbocycles. The Labute approximate surface area is 167 Å². The van der Waals surface area contributed by atoms with Crippen LogP contribution >= 0.6 is 27.7 Å². The maximum atomic E-state index is 13.9. The normalized spacial score (nSPS) is 24.6. The molecular weight excluding hydrogens is 449 g/mol. The lowest BCUT2D eigenvalue weighted by Gasteiger charge is -2.39. The van der Waals surface area contributed by atoms with E-state index in [0.717, 1.165) is 11.8 Å². The molecule has 27 heavy (non-hydrogen) atoms. The average Bonchev–Trinajstić information content (AvgIpc) is 2.55. The second kappa shape index (κ2) is 9.36. The van der Waals surface area contributed by atoms with Crippen LogP contribution in [0.15, 0.2) is 16.7 Å². The van der Waals surface area contributed by atoms with Gasteiger partial charge in [-0.3, -0.25) is 14.4 Å². The van der Waals surface area contributed by atoms with Crippen molar-refractivity contribution in [2.75, 3.05) is 5.75 Å². The van der Waals surface area contributed by atoms with E-state index in [0.29, 0.717) is 4.47 Å². The van der Waals surface area contributed by atoms with Gasteiger partial charge < -0.3 is 18.9 Å². The van der Waals surface area contributed by atoms with E-state index in [1.165, 1.54) is 33.0 Å². The van der Waals surface area contributed by atoms with Gasteiger partial charge >= 0.3 is 17.9 Å². The third kappa shape index (κ3) is 6.06. The van der Waals surface area contributed by atoms with Crippen LogP contribution in [0.4, 0.5) is 4.39 Å². The van der Waals surface area contributed by atoms with Crippen molar-refractivity contribution in [2.45, 2.75) is 44.5 Å². The Bertz CT molecular complexity index is 735. The molecule has 4 atom stereocenters. The lowest BCUT2D eigenvalue weighted by molar-refractivity contribution is -0.186. The molecule has 1 aliphatic rings. The minimum absolute atomic E-state index is 0.175. The fourth-order valence-electron chi connectivity index (χ4n) is 2.42. The Balaban J connectivity index is 2.32. The monoisotopic (exact) mass is 465 g/mol. The zero-order valence-electron chi connectivity index (χ0n) is 14.6. The molecule has 1 aromatic heterocycles. The van der Waals surface area contributed by atoms with Crippen LogP contribution < -0.4 is 4.74 Å². The van der Waals surface area contributed by atoms with E-state index < -0.39 is 47.6 Å². The minimum Gasteiger partial charge on any atom is -0.471 e. The van der Waals surface area contributed by atoms with Gasteiger partial charge in [0.25, 0.3) is 5.95 Å². The number of esters is 3. The molecule has 0 amide bonds. The number of rotatable bonds is 5. The van der Waals surface area contributed by atoms with Crippen LogP contribution in [0.3, 0.4) is 0 Å². The van der Waals surface area contributed by atoms with Crippen LogP contribution in [0.5, 0.6) is 5.75 Å². The number of pyridine rings is 1. The first-order chi connectivity index (χ1) is 12.7. The van der Waals surface area contributed by atoms with Crippen LogP contribution in [0.2, 0.25) is 0 Å². The van der Waals surface area contributed by atoms with Crippen molar-refractivity contribution in [1.82, 2.24) is 4.98 Å². The SMILES string of the molecule is CC(=O)O[C@@H]1[C@@H](OC(C)=O)[C@@H](Oc2cc(Br)cnc2F)SC[C@H]1OC(C)=O. The van der Waals surface area contributed by atoms with Crippen molar-refractivity contribution in [3.8, 4) is 5.75 Å². The number of thioether (sulfide) groups is 1. The fraction of sp³-hybridized carbons (Fsp3) is 0.500. The maximum absolute atomic E-state index is 13.9. The van der Waals surface area contributed by atoms with Gasteiger partial charge in [-0.2, -0.15) is 4.39 Å². The Morgan fingerprint density at radius 1 is 1.11 bits per heavy atom. The van der Waals surface area contributed by atoms with Gasteiger partial charge in [0, 0.05) is 43.3 Å². The van der Waals surface area contributed by atoms with E-state index in [1.807, 2.05) is 0 Å². The Morgan fingerprint density at radius 2 is 1.70 bits per heavy atom. The highest BCUT2D eigenvalue weighted by molar-refractivity contribution is 9.10. The summed E-state index contributed by atoms with van der Waals surface area (Å²) >= 11 is 4.30. The second-order valence-electron chi connectivity index (χ2n) is 5.56. The van der Waals surface area contributed by atoms with Crippen LogP contribution in [0.25, 0.3) is 0 Å². The molecule has 0 radical (unpaired) electrons. The summed E-state index contributed by atoms with van der Waals surface area (Å²) in [6.07, 6.45) is -1.83.